The third-order valence-electron chi connectivity index (χ3n) is 6.14. The molecule has 5 rings (SSSR count). The smallest absolute Gasteiger partial charge is 0.223 e. The molecule has 3 aromatic rings. The normalized spacial score (nSPS) is 17.3. The Morgan fingerprint density at radius 3 is 2.58 bits per heavy atom. The molecule has 3 aromatic heterocycles. The fourth-order valence-electron chi connectivity index (χ4n) is 4.40. The van der Waals surface area contributed by atoms with Crippen molar-refractivity contribution >= 4 is 22.8 Å². The molecule has 0 saturated heterocycles. The number of rotatable bonds is 3. The molecule has 0 atom stereocenters. The highest BCUT2D eigenvalue weighted by molar-refractivity contribution is 5.91. The van der Waals surface area contributed by atoms with Gasteiger partial charge in [0.15, 0.2) is 17.5 Å². The van der Waals surface area contributed by atoms with Crippen molar-refractivity contribution in [2.75, 3.05) is 5.73 Å². The van der Waals surface area contributed by atoms with Gasteiger partial charge in [0.2, 0.25) is 5.91 Å². The predicted molar refractivity (Wildman–Crippen MR) is 118 cm³/mol. The van der Waals surface area contributed by atoms with E-state index in [1.54, 1.807) is 12.4 Å². The molecule has 7 nitrogen and oxygen atoms in total. The Hall–Kier alpha value is -3.03. The van der Waals surface area contributed by atoms with E-state index in [4.69, 9.17) is 5.73 Å². The molecule has 164 valence electrons. The molecule has 0 bridgehead atoms. The molecule has 0 aliphatic heterocycles. The maximum Gasteiger partial charge on any atom is 0.223 e. The van der Waals surface area contributed by atoms with Gasteiger partial charge in [-0.2, -0.15) is 0 Å². The summed E-state index contributed by atoms with van der Waals surface area (Å²) in [5.41, 5.74) is 6.90. The monoisotopic (exact) mass is 424 g/mol. The number of nitrogens with one attached hydrogen (secondary N) is 2. The molecule has 2 aliphatic rings. The van der Waals surface area contributed by atoms with Gasteiger partial charge in [0.25, 0.3) is 0 Å². The third-order valence-corrected chi connectivity index (χ3v) is 6.14. The standard InChI is InChI=1S/C12H21NO.C11H8FN5/c14-12(10-6-4-5-7-10)13-11-8-2-1-3-9-11;12-8-5-16-11(17-9(8)13)7-4-15-10-6(7)2-1-3-14-10/h10-11H,1-9H2,(H,13,14);1-5H,(H,14,15)(H2,13,16,17). The molecule has 2 fully saturated rings. The number of carbonyl (C=O) groups excluding carboxylic acids is 1. The highest BCUT2D eigenvalue weighted by Gasteiger charge is 2.25. The zero-order valence-corrected chi connectivity index (χ0v) is 17.6. The largest absolute Gasteiger partial charge is 0.381 e. The van der Waals surface area contributed by atoms with Gasteiger partial charge in [0, 0.05) is 35.3 Å². The summed E-state index contributed by atoms with van der Waals surface area (Å²) in [5.74, 6) is 0.287. The average molecular weight is 425 g/mol. The summed E-state index contributed by atoms with van der Waals surface area (Å²) in [7, 11) is 0. The Labute approximate surface area is 181 Å². The maximum absolute atomic E-state index is 13.0. The molecule has 31 heavy (non-hydrogen) atoms. The van der Waals surface area contributed by atoms with Gasteiger partial charge >= 0.3 is 0 Å². The van der Waals surface area contributed by atoms with Crippen LogP contribution in [0.1, 0.15) is 57.8 Å². The molecule has 0 unspecified atom stereocenters. The van der Waals surface area contributed by atoms with Gasteiger partial charge in [-0.05, 0) is 37.8 Å². The summed E-state index contributed by atoms with van der Waals surface area (Å²) in [6.45, 7) is 0. The van der Waals surface area contributed by atoms with E-state index in [9.17, 15) is 9.18 Å². The van der Waals surface area contributed by atoms with E-state index in [-0.39, 0.29) is 5.82 Å². The lowest BCUT2D eigenvalue weighted by molar-refractivity contribution is -0.125. The van der Waals surface area contributed by atoms with Crippen molar-refractivity contribution in [2.24, 2.45) is 5.92 Å². The highest BCUT2D eigenvalue weighted by atomic mass is 19.1. The number of anilines is 1. The summed E-state index contributed by atoms with van der Waals surface area (Å²) in [6, 6.07) is 4.20. The second-order valence-electron chi connectivity index (χ2n) is 8.35. The van der Waals surface area contributed by atoms with Gasteiger partial charge in [-0.1, -0.05) is 32.1 Å². The molecule has 8 heteroatoms. The molecular formula is C23H29FN6O. The lowest BCUT2D eigenvalue weighted by Gasteiger charge is -2.24. The zero-order chi connectivity index (χ0) is 21.6. The topological polar surface area (TPSA) is 110 Å². The quantitative estimate of drug-likeness (QED) is 0.578. The number of amides is 1. The molecule has 1 amide bonds. The van der Waals surface area contributed by atoms with E-state index in [0.29, 0.717) is 23.7 Å². The van der Waals surface area contributed by atoms with Gasteiger partial charge in [0.1, 0.15) is 5.65 Å². The minimum Gasteiger partial charge on any atom is -0.381 e. The van der Waals surface area contributed by atoms with Crippen LogP contribution in [0.2, 0.25) is 0 Å². The van der Waals surface area contributed by atoms with E-state index in [2.05, 4.69) is 25.3 Å². The fourth-order valence-corrected chi connectivity index (χ4v) is 4.40. The molecule has 0 aromatic carbocycles. The highest BCUT2D eigenvalue weighted by Crippen LogP contribution is 2.26. The minimum absolute atomic E-state index is 0.159. The lowest BCUT2D eigenvalue weighted by atomic mass is 9.95. The molecule has 3 heterocycles. The number of fused-ring (bicyclic) bond motifs is 1. The predicted octanol–water partition coefficient (Wildman–Crippen LogP) is 4.37. The summed E-state index contributed by atoms with van der Waals surface area (Å²) >= 11 is 0. The first-order chi connectivity index (χ1) is 15.1. The Bertz CT molecular complexity index is 1020. The Morgan fingerprint density at radius 1 is 1.10 bits per heavy atom. The molecule has 4 N–H and O–H groups in total. The van der Waals surface area contributed by atoms with Crippen molar-refractivity contribution in [2.45, 2.75) is 63.8 Å². The van der Waals surface area contributed by atoms with Crippen molar-refractivity contribution in [3.63, 3.8) is 0 Å². The number of hydrogen-bond donors (Lipinski definition) is 3. The van der Waals surface area contributed by atoms with E-state index in [1.165, 1.54) is 44.9 Å². The lowest BCUT2D eigenvalue weighted by Crippen LogP contribution is -2.39. The number of halogens is 1. The van der Waals surface area contributed by atoms with Crippen LogP contribution in [-0.2, 0) is 4.79 Å². The van der Waals surface area contributed by atoms with Crippen molar-refractivity contribution in [3.05, 3.63) is 36.5 Å². The number of aromatic amines is 1. The van der Waals surface area contributed by atoms with Gasteiger partial charge in [-0.3, -0.25) is 4.79 Å². The van der Waals surface area contributed by atoms with Crippen molar-refractivity contribution in [1.82, 2.24) is 25.3 Å². The molecule has 2 aliphatic carbocycles. The van der Waals surface area contributed by atoms with Crippen LogP contribution in [0.25, 0.3) is 22.4 Å². The number of H-pyrrole nitrogens is 1. The number of nitrogen functional groups attached to an aromatic ring is 1. The van der Waals surface area contributed by atoms with Gasteiger partial charge in [0.05, 0.1) is 6.20 Å². The van der Waals surface area contributed by atoms with Crippen molar-refractivity contribution < 1.29 is 9.18 Å². The minimum atomic E-state index is -0.619. The van der Waals surface area contributed by atoms with E-state index >= 15 is 0 Å². The number of nitrogens with zero attached hydrogens (tertiary/aromatic N) is 3. The van der Waals surface area contributed by atoms with Gasteiger partial charge in [-0.25, -0.2) is 19.3 Å². The molecule has 0 radical (unpaired) electrons. The summed E-state index contributed by atoms with van der Waals surface area (Å²) < 4.78 is 13.0. The summed E-state index contributed by atoms with van der Waals surface area (Å²) in [4.78, 5) is 26.8. The SMILES string of the molecule is Nc1nc(-c2c[nH]c3ncccc23)ncc1F.O=C(NC1CCCCC1)C1CCCC1. The zero-order valence-electron chi connectivity index (χ0n) is 17.6. The van der Waals surface area contributed by atoms with Crippen LogP contribution < -0.4 is 11.1 Å². The Kier molecular flexibility index (Phi) is 6.74. The first-order valence-corrected chi connectivity index (χ1v) is 11.1. The van der Waals surface area contributed by atoms with Crippen LogP contribution in [-0.4, -0.2) is 31.9 Å². The van der Waals surface area contributed by atoms with Crippen molar-refractivity contribution in [1.29, 1.82) is 0 Å². The van der Waals surface area contributed by atoms with Gasteiger partial charge in [-0.15, -0.1) is 0 Å². The van der Waals surface area contributed by atoms with Crippen LogP contribution in [0.4, 0.5) is 10.2 Å². The Morgan fingerprint density at radius 2 is 1.84 bits per heavy atom. The number of aromatic nitrogens is 4. The third kappa shape index (κ3) is 5.18. The fraction of sp³-hybridized carbons (Fsp3) is 0.478. The van der Waals surface area contributed by atoms with E-state index in [0.717, 1.165) is 35.6 Å². The summed E-state index contributed by atoms with van der Waals surface area (Å²) in [5, 5.41) is 4.10. The van der Waals surface area contributed by atoms with Crippen molar-refractivity contribution in [3.8, 4) is 11.4 Å². The average Bonchev–Trinajstić information content (AvgIpc) is 3.47. The van der Waals surface area contributed by atoms with Gasteiger partial charge < -0.3 is 16.0 Å². The number of nitrogens with two attached hydrogens (primary N) is 1. The van der Waals surface area contributed by atoms with Crippen LogP contribution >= 0.6 is 0 Å². The van der Waals surface area contributed by atoms with Crippen LogP contribution in [0.15, 0.2) is 30.7 Å². The summed E-state index contributed by atoms with van der Waals surface area (Å²) in [6.07, 6.45) is 15.6. The second-order valence-corrected chi connectivity index (χ2v) is 8.35. The number of hydrogen-bond acceptors (Lipinski definition) is 5. The first-order valence-electron chi connectivity index (χ1n) is 11.1. The second kappa shape index (κ2) is 9.85. The van der Waals surface area contributed by atoms with E-state index in [1.807, 2.05) is 12.1 Å². The Balaban J connectivity index is 0.000000152. The molecule has 2 saturated carbocycles. The molecular weight excluding hydrogens is 395 g/mol. The van der Waals surface area contributed by atoms with Crippen LogP contribution in [0.3, 0.4) is 0 Å². The van der Waals surface area contributed by atoms with Crippen LogP contribution in [0, 0.1) is 11.7 Å². The van der Waals surface area contributed by atoms with Crippen LogP contribution in [0.5, 0.6) is 0 Å². The number of pyridine rings is 1. The van der Waals surface area contributed by atoms with E-state index < -0.39 is 5.82 Å². The first kappa shape index (κ1) is 21.2. The number of carbonyl (C=O) groups is 1. The maximum atomic E-state index is 13.0. The molecule has 0 spiro atoms.